The van der Waals surface area contributed by atoms with E-state index in [2.05, 4.69) is 4.99 Å². The second-order valence-electron chi connectivity index (χ2n) is 8.20. The molecule has 9 nitrogen and oxygen atoms in total. The molecule has 1 aromatic carbocycles. The highest BCUT2D eigenvalue weighted by atomic mass is 32.2. The Bertz CT molecular complexity index is 1480. The minimum atomic E-state index is -3.53. The van der Waals surface area contributed by atoms with Crippen LogP contribution in [0.15, 0.2) is 49.8 Å². The van der Waals surface area contributed by atoms with Gasteiger partial charge in [0.15, 0.2) is 14.6 Å². The number of aromatic nitrogens is 1. The standard InChI is InChI=1S/C22H27N3O6S4/c1-3-31-13-12-25-18-7-6-17(34(2,27)28)15-19(18)33-22(25)23-21(26)16-8-10-24(11-9-16)35(29,30)20-5-4-14-32-20/h4-7,14-16H,3,8-13H2,1-2H3. The number of nitrogens with zero attached hydrogens (tertiary/aromatic N) is 3. The van der Waals surface area contributed by atoms with Crippen LogP contribution in [0, 0.1) is 5.92 Å². The van der Waals surface area contributed by atoms with Gasteiger partial charge in [0.1, 0.15) is 4.21 Å². The first kappa shape index (κ1) is 26.2. The fraction of sp³-hybridized carbons (Fsp3) is 0.455. The summed E-state index contributed by atoms with van der Waals surface area (Å²) >= 11 is 2.44. The van der Waals surface area contributed by atoms with E-state index in [0.717, 1.165) is 11.8 Å². The molecule has 13 heteroatoms. The first-order chi connectivity index (χ1) is 16.6. The highest BCUT2D eigenvalue weighted by Crippen LogP contribution is 2.27. The molecule has 1 saturated heterocycles. The molecule has 1 amide bonds. The average Bonchev–Trinajstić information content (AvgIpc) is 3.47. The molecule has 1 fully saturated rings. The summed E-state index contributed by atoms with van der Waals surface area (Å²) in [5, 5.41) is 1.73. The second-order valence-corrected chi connectivity index (χ2v) is 14.3. The van der Waals surface area contributed by atoms with Gasteiger partial charge in [0, 0.05) is 38.4 Å². The number of sulfone groups is 1. The molecule has 1 aliphatic heterocycles. The molecule has 0 unspecified atom stereocenters. The number of carbonyl (C=O) groups is 1. The highest BCUT2D eigenvalue weighted by Gasteiger charge is 2.32. The van der Waals surface area contributed by atoms with Crippen LogP contribution in [0.3, 0.4) is 0 Å². The van der Waals surface area contributed by atoms with Gasteiger partial charge < -0.3 is 9.30 Å². The van der Waals surface area contributed by atoms with Crippen molar-refractivity contribution < 1.29 is 26.4 Å². The van der Waals surface area contributed by atoms with E-state index in [4.69, 9.17) is 4.74 Å². The number of hydrogen-bond donors (Lipinski definition) is 0. The Balaban J connectivity index is 1.58. The number of piperidine rings is 1. The van der Waals surface area contributed by atoms with Gasteiger partial charge in [-0.2, -0.15) is 9.30 Å². The molecule has 35 heavy (non-hydrogen) atoms. The molecule has 0 atom stereocenters. The van der Waals surface area contributed by atoms with E-state index >= 15 is 0 Å². The molecule has 190 valence electrons. The number of rotatable bonds is 8. The number of hydrogen-bond acceptors (Lipinski definition) is 8. The van der Waals surface area contributed by atoms with Crippen molar-refractivity contribution >= 4 is 58.7 Å². The van der Waals surface area contributed by atoms with Crippen LogP contribution in [0.5, 0.6) is 0 Å². The lowest BCUT2D eigenvalue weighted by Gasteiger charge is -2.29. The molecule has 2 aromatic heterocycles. The Hall–Kier alpha value is -1.90. The van der Waals surface area contributed by atoms with Gasteiger partial charge in [0.2, 0.25) is 0 Å². The van der Waals surface area contributed by atoms with Crippen molar-refractivity contribution in [1.82, 2.24) is 8.87 Å². The molecule has 0 saturated carbocycles. The Morgan fingerprint density at radius 3 is 2.54 bits per heavy atom. The molecule has 3 heterocycles. The number of amides is 1. The summed E-state index contributed by atoms with van der Waals surface area (Å²) in [5.74, 6) is -0.667. The Morgan fingerprint density at radius 1 is 1.17 bits per heavy atom. The van der Waals surface area contributed by atoms with Crippen molar-refractivity contribution in [3.8, 4) is 0 Å². The van der Waals surface area contributed by atoms with E-state index in [-0.39, 0.29) is 29.8 Å². The van der Waals surface area contributed by atoms with Crippen LogP contribution in [0.4, 0.5) is 0 Å². The average molecular weight is 558 g/mol. The highest BCUT2D eigenvalue weighted by molar-refractivity contribution is 7.91. The van der Waals surface area contributed by atoms with Crippen LogP contribution in [-0.4, -0.2) is 64.2 Å². The summed E-state index contributed by atoms with van der Waals surface area (Å²) in [7, 11) is -6.91. The summed E-state index contributed by atoms with van der Waals surface area (Å²) in [6.45, 7) is 3.88. The topological polar surface area (TPSA) is 115 Å². The number of benzene rings is 1. The molecule has 0 aliphatic carbocycles. The quantitative estimate of drug-likeness (QED) is 0.394. The maximum Gasteiger partial charge on any atom is 0.252 e. The van der Waals surface area contributed by atoms with E-state index in [1.54, 1.807) is 35.7 Å². The lowest BCUT2D eigenvalue weighted by molar-refractivity contribution is -0.122. The number of fused-ring (bicyclic) bond motifs is 1. The fourth-order valence-electron chi connectivity index (χ4n) is 3.95. The summed E-state index contributed by atoms with van der Waals surface area (Å²) < 4.78 is 59.3. The Labute approximate surface area is 212 Å². The van der Waals surface area contributed by atoms with Crippen molar-refractivity contribution in [1.29, 1.82) is 0 Å². The SMILES string of the molecule is CCOCCn1c(=NC(=O)C2CCN(S(=O)(=O)c3cccs3)CC2)sc2cc(S(C)(=O)=O)ccc21. The maximum atomic E-state index is 13.1. The normalized spacial score (nSPS) is 16.8. The summed E-state index contributed by atoms with van der Waals surface area (Å²) in [4.78, 5) is 18.2. The van der Waals surface area contributed by atoms with E-state index in [0.29, 0.717) is 46.3 Å². The smallest absolute Gasteiger partial charge is 0.252 e. The van der Waals surface area contributed by atoms with E-state index in [1.165, 1.54) is 27.0 Å². The largest absolute Gasteiger partial charge is 0.380 e. The molecule has 3 aromatic rings. The van der Waals surface area contributed by atoms with Gasteiger partial charge in [0.25, 0.3) is 15.9 Å². The van der Waals surface area contributed by atoms with Crippen molar-refractivity contribution in [2.24, 2.45) is 10.9 Å². The van der Waals surface area contributed by atoms with Crippen molar-refractivity contribution in [3.63, 3.8) is 0 Å². The number of ether oxygens (including phenoxy) is 1. The molecule has 0 bridgehead atoms. The van der Waals surface area contributed by atoms with Crippen LogP contribution in [-0.2, 0) is 35.9 Å². The Kier molecular flexibility index (Phi) is 7.93. The summed E-state index contributed by atoms with van der Waals surface area (Å²) in [5.41, 5.74) is 0.783. The fourth-order valence-corrected chi connectivity index (χ4v) is 8.39. The van der Waals surface area contributed by atoms with E-state index in [9.17, 15) is 21.6 Å². The van der Waals surface area contributed by atoms with Crippen molar-refractivity contribution in [3.05, 3.63) is 40.5 Å². The van der Waals surface area contributed by atoms with Gasteiger partial charge in [-0.3, -0.25) is 4.79 Å². The predicted octanol–water partition coefficient (Wildman–Crippen LogP) is 2.73. The molecular formula is C22H27N3O6S4. The zero-order valence-electron chi connectivity index (χ0n) is 19.4. The van der Waals surface area contributed by atoms with Crippen molar-refractivity contribution in [2.45, 2.75) is 35.4 Å². The first-order valence-electron chi connectivity index (χ1n) is 11.1. The van der Waals surface area contributed by atoms with Gasteiger partial charge in [0.05, 0.1) is 21.7 Å². The minimum absolute atomic E-state index is 0.209. The third-order valence-electron chi connectivity index (χ3n) is 5.84. The summed E-state index contributed by atoms with van der Waals surface area (Å²) in [6.07, 6.45) is 1.95. The zero-order valence-corrected chi connectivity index (χ0v) is 22.7. The monoisotopic (exact) mass is 557 g/mol. The number of sulfonamides is 1. The van der Waals surface area contributed by atoms with E-state index in [1.807, 2.05) is 11.5 Å². The van der Waals surface area contributed by atoms with Crippen LogP contribution in [0.1, 0.15) is 19.8 Å². The van der Waals surface area contributed by atoms with E-state index < -0.39 is 19.9 Å². The van der Waals surface area contributed by atoms with Gasteiger partial charge in [-0.05, 0) is 49.4 Å². The lowest BCUT2D eigenvalue weighted by atomic mass is 9.98. The van der Waals surface area contributed by atoms with Gasteiger partial charge >= 0.3 is 0 Å². The first-order valence-corrected chi connectivity index (χ1v) is 16.2. The number of thiazole rings is 1. The van der Waals surface area contributed by atoms with Crippen LogP contribution >= 0.6 is 22.7 Å². The molecule has 0 radical (unpaired) electrons. The number of thiophene rings is 1. The molecule has 1 aliphatic rings. The van der Waals surface area contributed by atoms with Crippen LogP contribution in [0.25, 0.3) is 10.2 Å². The minimum Gasteiger partial charge on any atom is -0.380 e. The summed E-state index contributed by atoms with van der Waals surface area (Å²) in [6, 6.07) is 8.17. The van der Waals surface area contributed by atoms with Crippen molar-refractivity contribution in [2.75, 3.05) is 32.6 Å². The predicted molar refractivity (Wildman–Crippen MR) is 136 cm³/mol. The Morgan fingerprint density at radius 2 is 1.91 bits per heavy atom. The van der Waals surface area contributed by atoms with Gasteiger partial charge in [-0.15, -0.1) is 11.3 Å². The van der Waals surface area contributed by atoms with Crippen LogP contribution in [0.2, 0.25) is 0 Å². The van der Waals surface area contributed by atoms with Gasteiger partial charge in [-0.1, -0.05) is 17.4 Å². The third-order valence-corrected chi connectivity index (χ3v) is 11.3. The third kappa shape index (κ3) is 5.75. The molecular weight excluding hydrogens is 531 g/mol. The maximum absolute atomic E-state index is 13.1. The second kappa shape index (κ2) is 10.6. The number of carbonyl (C=O) groups excluding carboxylic acids is 1. The lowest BCUT2D eigenvalue weighted by Crippen LogP contribution is -2.40. The molecule has 4 rings (SSSR count). The van der Waals surface area contributed by atoms with Gasteiger partial charge in [-0.25, -0.2) is 16.8 Å². The molecule has 0 spiro atoms. The van der Waals surface area contributed by atoms with Crippen LogP contribution < -0.4 is 4.80 Å². The molecule has 0 N–H and O–H groups in total. The zero-order chi connectivity index (χ0) is 25.2.